The van der Waals surface area contributed by atoms with Gasteiger partial charge in [-0.25, -0.2) is 8.42 Å². The summed E-state index contributed by atoms with van der Waals surface area (Å²) < 4.78 is 23.1. The first-order valence-corrected chi connectivity index (χ1v) is 8.75. The molecule has 1 aliphatic heterocycles. The van der Waals surface area contributed by atoms with Crippen molar-refractivity contribution in [3.8, 4) is 0 Å². The van der Waals surface area contributed by atoms with E-state index < -0.39 is 9.84 Å². The second kappa shape index (κ2) is 5.31. The van der Waals surface area contributed by atoms with Gasteiger partial charge < -0.3 is 5.32 Å². The van der Waals surface area contributed by atoms with Crippen molar-refractivity contribution < 1.29 is 8.42 Å². The quantitative estimate of drug-likeness (QED) is 0.858. The van der Waals surface area contributed by atoms with E-state index in [0.717, 1.165) is 18.5 Å². The molecule has 0 bridgehead atoms. The third kappa shape index (κ3) is 3.64. The van der Waals surface area contributed by atoms with Crippen LogP contribution in [0.15, 0.2) is 29.2 Å². The average molecular weight is 271 g/mol. The predicted octanol–water partition coefficient (Wildman–Crippen LogP) is 2.40. The van der Waals surface area contributed by atoms with E-state index in [2.05, 4.69) is 11.4 Å². The zero-order valence-electron chi connectivity index (χ0n) is 9.85. The zero-order valence-corrected chi connectivity index (χ0v) is 11.5. The smallest absolute Gasteiger partial charge is 0.152 e. The summed E-state index contributed by atoms with van der Waals surface area (Å²) in [4.78, 5) is 1.19. The molecule has 0 aliphatic carbocycles. The lowest BCUT2D eigenvalue weighted by molar-refractivity contribution is 0.562. The predicted molar refractivity (Wildman–Crippen MR) is 73.5 cm³/mol. The molecule has 94 valence electrons. The Morgan fingerprint density at radius 2 is 2.24 bits per heavy atom. The lowest BCUT2D eigenvalue weighted by Gasteiger charge is -2.24. The van der Waals surface area contributed by atoms with Crippen molar-refractivity contribution in [3.05, 3.63) is 24.3 Å². The zero-order chi connectivity index (χ0) is 12.3. The van der Waals surface area contributed by atoms with Crippen LogP contribution in [0.3, 0.4) is 0 Å². The van der Waals surface area contributed by atoms with Crippen LogP contribution in [0.2, 0.25) is 0 Å². The Kier molecular flexibility index (Phi) is 3.99. The van der Waals surface area contributed by atoms with Gasteiger partial charge in [-0.05, 0) is 37.3 Å². The standard InChI is InChI=1S/C12H17NO2S2/c1-16-12-6-2-4-10(8-12)13-11-5-3-7-17(14,15)9-11/h2,4,6,8,11,13H,3,5,7,9H2,1H3. The van der Waals surface area contributed by atoms with Gasteiger partial charge in [-0.15, -0.1) is 11.8 Å². The Morgan fingerprint density at radius 1 is 1.41 bits per heavy atom. The number of anilines is 1. The van der Waals surface area contributed by atoms with Gasteiger partial charge in [0.1, 0.15) is 0 Å². The topological polar surface area (TPSA) is 46.2 Å². The van der Waals surface area contributed by atoms with Crippen LogP contribution in [0.25, 0.3) is 0 Å². The number of rotatable bonds is 3. The maximum atomic E-state index is 11.5. The van der Waals surface area contributed by atoms with E-state index in [9.17, 15) is 8.42 Å². The maximum Gasteiger partial charge on any atom is 0.152 e. The number of hydrogen-bond acceptors (Lipinski definition) is 4. The van der Waals surface area contributed by atoms with E-state index >= 15 is 0 Å². The molecular formula is C12H17NO2S2. The van der Waals surface area contributed by atoms with Crippen LogP contribution < -0.4 is 5.32 Å². The summed E-state index contributed by atoms with van der Waals surface area (Å²) in [6.07, 6.45) is 3.73. The summed E-state index contributed by atoms with van der Waals surface area (Å²) in [5.41, 5.74) is 1.01. The fourth-order valence-electron chi connectivity index (χ4n) is 2.09. The minimum Gasteiger partial charge on any atom is -0.381 e. The average Bonchev–Trinajstić information content (AvgIpc) is 2.28. The number of benzene rings is 1. The molecule has 1 saturated heterocycles. The van der Waals surface area contributed by atoms with Gasteiger partial charge >= 0.3 is 0 Å². The molecule has 1 heterocycles. The monoisotopic (exact) mass is 271 g/mol. The van der Waals surface area contributed by atoms with Crippen LogP contribution in [-0.2, 0) is 9.84 Å². The largest absolute Gasteiger partial charge is 0.381 e. The first kappa shape index (κ1) is 12.8. The molecule has 2 rings (SSSR count). The molecule has 1 N–H and O–H groups in total. The summed E-state index contributed by atoms with van der Waals surface area (Å²) in [5, 5.41) is 3.32. The van der Waals surface area contributed by atoms with Crippen LogP contribution in [0, 0.1) is 0 Å². The summed E-state index contributed by atoms with van der Waals surface area (Å²) in [5.74, 6) is 0.604. The van der Waals surface area contributed by atoms with E-state index in [1.165, 1.54) is 4.90 Å². The van der Waals surface area contributed by atoms with Crippen LogP contribution in [0.4, 0.5) is 5.69 Å². The number of sulfone groups is 1. The lowest BCUT2D eigenvalue weighted by atomic mass is 10.2. The Labute approximate surface area is 107 Å². The molecule has 1 aromatic rings. The molecule has 3 nitrogen and oxygen atoms in total. The van der Waals surface area contributed by atoms with E-state index in [4.69, 9.17) is 0 Å². The molecular weight excluding hydrogens is 254 g/mol. The van der Waals surface area contributed by atoms with Crippen LogP contribution in [-0.4, -0.2) is 32.2 Å². The Hall–Kier alpha value is -0.680. The van der Waals surface area contributed by atoms with Gasteiger partial charge in [-0.3, -0.25) is 0 Å². The first-order chi connectivity index (χ1) is 8.09. The Balaban J connectivity index is 2.05. The highest BCUT2D eigenvalue weighted by atomic mass is 32.2. The van der Waals surface area contributed by atoms with Gasteiger partial charge in [0.15, 0.2) is 9.84 Å². The molecule has 0 radical (unpaired) electrons. The fourth-order valence-corrected chi connectivity index (χ4v) is 4.18. The first-order valence-electron chi connectivity index (χ1n) is 5.70. The van der Waals surface area contributed by atoms with Gasteiger partial charge in [0, 0.05) is 16.6 Å². The molecule has 1 aromatic carbocycles. The van der Waals surface area contributed by atoms with Crippen molar-refractivity contribution in [2.24, 2.45) is 0 Å². The Bertz CT molecular complexity index is 485. The van der Waals surface area contributed by atoms with E-state index in [0.29, 0.717) is 5.75 Å². The van der Waals surface area contributed by atoms with Crippen molar-refractivity contribution in [3.63, 3.8) is 0 Å². The van der Waals surface area contributed by atoms with Crippen molar-refractivity contribution in [1.82, 2.24) is 0 Å². The summed E-state index contributed by atoms with van der Waals surface area (Å²) >= 11 is 1.69. The van der Waals surface area contributed by atoms with E-state index in [-0.39, 0.29) is 11.8 Å². The summed E-state index contributed by atoms with van der Waals surface area (Å²) in [6, 6.07) is 8.15. The molecule has 1 atom stereocenters. The molecule has 1 aliphatic rings. The highest BCUT2D eigenvalue weighted by Crippen LogP contribution is 2.22. The van der Waals surface area contributed by atoms with Gasteiger partial charge in [0.2, 0.25) is 0 Å². The summed E-state index contributed by atoms with van der Waals surface area (Å²) in [7, 11) is -2.84. The van der Waals surface area contributed by atoms with Gasteiger partial charge in [-0.2, -0.15) is 0 Å². The van der Waals surface area contributed by atoms with Crippen molar-refractivity contribution in [2.45, 2.75) is 23.8 Å². The third-order valence-electron chi connectivity index (χ3n) is 2.90. The third-order valence-corrected chi connectivity index (χ3v) is 5.45. The fraction of sp³-hybridized carbons (Fsp3) is 0.500. The van der Waals surface area contributed by atoms with Crippen molar-refractivity contribution in [1.29, 1.82) is 0 Å². The van der Waals surface area contributed by atoms with Gasteiger partial charge in [0.05, 0.1) is 11.5 Å². The molecule has 1 unspecified atom stereocenters. The lowest BCUT2D eigenvalue weighted by Crippen LogP contribution is -2.34. The minimum atomic E-state index is -2.84. The molecule has 17 heavy (non-hydrogen) atoms. The molecule has 0 amide bonds. The van der Waals surface area contributed by atoms with Crippen LogP contribution in [0.1, 0.15) is 12.8 Å². The van der Waals surface area contributed by atoms with Crippen LogP contribution >= 0.6 is 11.8 Å². The number of hydrogen-bond donors (Lipinski definition) is 1. The maximum absolute atomic E-state index is 11.5. The molecule has 0 aromatic heterocycles. The van der Waals surface area contributed by atoms with E-state index in [1.807, 2.05) is 24.5 Å². The normalized spacial score (nSPS) is 23.2. The molecule has 5 heteroatoms. The van der Waals surface area contributed by atoms with Crippen molar-refractivity contribution in [2.75, 3.05) is 23.1 Å². The van der Waals surface area contributed by atoms with Crippen molar-refractivity contribution >= 4 is 27.3 Å². The number of thioether (sulfide) groups is 1. The summed E-state index contributed by atoms with van der Waals surface area (Å²) in [6.45, 7) is 0. The van der Waals surface area contributed by atoms with Gasteiger partial charge in [0.25, 0.3) is 0 Å². The molecule has 1 fully saturated rings. The molecule has 0 spiro atoms. The van der Waals surface area contributed by atoms with Crippen LogP contribution in [0.5, 0.6) is 0 Å². The highest BCUT2D eigenvalue weighted by molar-refractivity contribution is 7.98. The minimum absolute atomic E-state index is 0.0610. The number of nitrogens with one attached hydrogen (secondary N) is 1. The Morgan fingerprint density at radius 3 is 2.94 bits per heavy atom. The highest BCUT2D eigenvalue weighted by Gasteiger charge is 2.24. The van der Waals surface area contributed by atoms with Gasteiger partial charge in [-0.1, -0.05) is 6.07 Å². The van der Waals surface area contributed by atoms with E-state index in [1.54, 1.807) is 11.8 Å². The second-order valence-electron chi connectivity index (χ2n) is 4.33. The molecule has 0 saturated carbocycles. The second-order valence-corrected chi connectivity index (χ2v) is 7.44. The SMILES string of the molecule is CSc1cccc(NC2CCCS(=O)(=O)C2)c1.